The molecular formula is C15H25NO. The molecule has 0 bridgehead atoms. The van der Waals surface area contributed by atoms with Crippen molar-refractivity contribution in [3.05, 3.63) is 35.9 Å². The average Bonchev–Trinajstić information content (AvgIpc) is 2.37. The molecule has 0 aliphatic rings. The molecule has 2 nitrogen and oxygen atoms in total. The van der Waals surface area contributed by atoms with Gasteiger partial charge in [0, 0.05) is 12.6 Å². The Kier molecular flexibility index (Phi) is 7.69. The molecule has 0 radical (unpaired) electrons. The lowest BCUT2D eigenvalue weighted by Crippen LogP contribution is -2.26. The van der Waals surface area contributed by atoms with E-state index in [4.69, 9.17) is 4.74 Å². The Morgan fingerprint density at radius 1 is 1.24 bits per heavy atom. The van der Waals surface area contributed by atoms with Crippen LogP contribution in [0.2, 0.25) is 0 Å². The maximum absolute atomic E-state index is 5.65. The van der Waals surface area contributed by atoms with Gasteiger partial charge in [0.25, 0.3) is 0 Å². The van der Waals surface area contributed by atoms with E-state index in [1.807, 2.05) is 6.07 Å². The summed E-state index contributed by atoms with van der Waals surface area (Å²) < 4.78 is 5.65. The van der Waals surface area contributed by atoms with Crippen LogP contribution < -0.4 is 5.32 Å². The van der Waals surface area contributed by atoms with E-state index >= 15 is 0 Å². The van der Waals surface area contributed by atoms with Gasteiger partial charge < -0.3 is 10.1 Å². The number of hydrogen-bond acceptors (Lipinski definition) is 2. The first-order valence-corrected chi connectivity index (χ1v) is 6.68. The van der Waals surface area contributed by atoms with Gasteiger partial charge in [-0.25, -0.2) is 0 Å². The van der Waals surface area contributed by atoms with Crippen LogP contribution >= 0.6 is 0 Å². The first-order valence-electron chi connectivity index (χ1n) is 6.68. The Balaban J connectivity index is 1.97. The highest BCUT2D eigenvalue weighted by molar-refractivity contribution is 5.13. The van der Waals surface area contributed by atoms with Gasteiger partial charge in [0.2, 0.25) is 0 Å². The molecule has 0 aliphatic heterocycles. The summed E-state index contributed by atoms with van der Waals surface area (Å²) in [5, 5.41) is 3.49. The summed E-state index contributed by atoms with van der Waals surface area (Å²) in [6.07, 6.45) is 3.52. The summed E-state index contributed by atoms with van der Waals surface area (Å²) in [4.78, 5) is 0. The molecular weight excluding hydrogens is 210 g/mol. The van der Waals surface area contributed by atoms with Gasteiger partial charge in [-0.15, -0.1) is 0 Å². The van der Waals surface area contributed by atoms with Crippen molar-refractivity contribution in [2.75, 3.05) is 13.2 Å². The second-order valence-corrected chi connectivity index (χ2v) is 4.54. The summed E-state index contributed by atoms with van der Waals surface area (Å²) in [6.45, 7) is 7.15. The molecule has 96 valence electrons. The van der Waals surface area contributed by atoms with E-state index in [0.29, 0.717) is 6.04 Å². The lowest BCUT2D eigenvalue weighted by Gasteiger charge is -2.12. The summed E-state index contributed by atoms with van der Waals surface area (Å²) in [6, 6.07) is 10.9. The fourth-order valence-corrected chi connectivity index (χ4v) is 1.75. The molecule has 1 unspecified atom stereocenters. The molecule has 1 rings (SSSR count). The van der Waals surface area contributed by atoms with Crippen molar-refractivity contribution in [3.63, 3.8) is 0 Å². The van der Waals surface area contributed by atoms with Crippen molar-refractivity contribution in [3.8, 4) is 0 Å². The van der Waals surface area contributed by atoms with Gasteiger partial charge >= 0.3 is 0 Å². The van der Waals surface area contributed by atoms with Crippen LogP contribution in [0.15, 0.2) is 30.3 Å². The molecule has 0 amide bonds. The Morgan fingerprint density at radius 2 is 2.00 bits per heavy atom. The van der Waals surface area contributed by atoms with E-state index in [0.717, 1.165) is 26.2 Å². The van der Waals surface area contributed by atoms with Gasteiger partial charge in [-0.3, -0.25) is 0 Å². The minimum atomic E-state index is 0.607. The number of benzene rings is 1. The summed E-state index contributed by atoms with van der Waals surface area (Å²) in [7, 11) is 0. The topological polar surface area (TPSA) is 21.3 Å². The first-order chi connectivity index (χ1) is 8.33. The third-order valence-corrected chi connectivity index (χ3v) is 2.78. The van der Waals surface area contributed by atoms with Crippen LogP contribution in [0.5, 0.6) is 0 Å². The molecule has 0 aliphatic carbocycles. The van der Waals surface area contributed by atoms with Crippen molar-refractivity contribution in [2.45, 2.75) is 45.8 Å². The van der Waals surface area contributed by atoms with E-state index < -0.39 is 0 Å². The van der Waals surface area contributed by atoms with Crippen molar-refractivity contribution in [1.29, 1.82) is 0 Å². The van der Waals surface area contributed by atoms with Crippen molar-refractivity contribution >= 4 is 0 Å². The fraction of sp³-hybridized carbons (Fsp3) is 0.600. The molecule has 17 heavy (non-hydrogen) atoms. The lowest BCUT2D eigenvalue weighted by atomic mass is 10.2. The van der Waals surface area contributed by atoms with Crippen molar-refractivity contribution < 1.29 is 4.74 Å². The molecule has 1 N–H and O–H groups in total. The van der Waals surface area contributed by atoms with Crippen LogP contribution in [0, 0.1) is 0 Å². The van der Waals surface area contributed by atoms with Gasteiger partial charge in [0.1, 0.15) is 0 Å². The van der Waals surface area contributed by atoms with Crippen molar-refractivity contribution in [1.82, 2.24) is 5.32 Å². The van der Waals surface area contributed by atoms with Gasteiger partial charge in [0.15, 0.2) is 0 Å². The number of hydrogen-bond donors (Lipinski definition) is 1. The molecule has 1 aromatic carbocycles. The van der Waals surface area contributed by atoms with Crippen LogP contribution in [0.3, 0.4) is 0 Å². The number of rotatable bonds is 9. The first kappa shape index (κ1) is 14.2. The maximum Gasteiger partial charge on any atom is 0.0716 e. The van der Waals surface area contributed by atoms with Gasteiger partial charge in [-0.05, 0) is 38.3 Å². The summed E-state index contributed by atoms with van der Waals surface area (Å²) in [5.41, 5.74) is 1.25. The molecule has 0 saturated heterocycles. The van der Waals surface area contributed by atoms with Crippen LogP contribution in [-0.4, -0.2) is 19.2 Å². The molecule has 2 heteroatoms. The van der Waals surface area contributed by atoms with E-state index in [9.17, 15) is 0 Å². The zero-order chi connectivity index (χ0) is 12.3. The quantitative estimate of drug-likeness (QED) is 0.663. The standard InChI is InChI=1S/C15H25NO/c1-3-11-16-14(2)8-7-12-17-13-15-9-5-4-6-10-15/h4-6,9-10,14,16H,3,7-8,11-13H2,1-2H3. The monoisotopic (exact) mass is 235 g/mol. The van der Waals surface area contributed by atoms with Crippen LogP contribution in [0.1, 0.15) is 38.7 Å². The number of nitrogens with one attached hydrogen (secondary N) is 1. The lowest BCUT2D eigenvalue weighted by molar-refractivity contribution is 0.115. The Hall–Kier alpha value is -0.860. The van der Waals surface area contributed by atoms with Gasteiger partial charge in [-0.1, -0.05) is 37.3 Å². The summed E-state index contributed by atoms with van der Waals surface area (Å²) >= 11 is 0. The predicted octanol–water partition coefficient (Wildman–Crippen LogP) is 3.37. The second-order valence-electron chi connectivity index (χ2n) is 4.54. The van der Waals surface area contributed by atoms with Crippen LogP contribution in [0.4, 0.5) is 0 Å². The third-order valence-electron chi connectivity index (χ3n) is 2.78. The molecule has 0 spiro atoms. The largest absolute Gasteiger partial charge is 0.377 e. The minimum Gasteiger partial charge on any atom is -0.377 e. The molecule has 1 aromatic rings. The van der Waals surface area contributed by atoms with Crippen molar-refractivity contribution in [2.24, 2.45) is 0 Å². The van der Waals surface area contributed by atoms with E-state index in [1.165, 1.54) is 18.4 Å². The zero-order valence-electron chi connectivity index (χ0n) is 11.1. The minimum absolute atomic E-state index is 0.607. The smallest absolute Gasteiger partial charge is 0.0716 e. The number of ether oxygens (including phenoxy) is 1. The van der Waals surface area contributed by atoms with Crippen LogP contribution in [-0.2, 0) is 11.3 Å². The third kappa shape index (κ3) is 7.14. The molecule has 0 aromatic heterocycles. The molecule has 0 saturated carbocycles. The molecule has 1 atom stereocenters. The van der Waals surface area contributed by atoms with Crippen LogP contribution in [0.25, 0.3) is 0 Å². The maximum atomic E-state index is 5.65. The predicted molar refractivity (Wildman–Crippen MR) is 73.1 cm³/mol. The highest BCUT2D eigenvalue weighted by Gasteiger charge is 1.99. The summed E-state index contributed by atoms with van der Waals surface area (Å²) in [5.74, 6) is 0. The SMILES string of the molecule is CCCNC(C)CCCOCc1ccccc1. The Labute approximate surface area is 105 Å². The average molecular weight is 235 g/mol. The highest BCUT2D eigenvalue weighted by Crippen LogP contribution is 2.02. The highest BCUT2D eigenvalue weighted by atomic mass is 16.5. The normalized spacial score (nSPS) is 12.6. The molecule has 0 fully saturated rings. The Bertz CT molecular complexity index is 274. The van der Waals surface area contributed by atoms with E-state index in [2.05, 4.69) is 43.4 Å². The fourth-order valence-electron chi connectivity index (χ4n) is 1.75. The van der Waals surface area contributed by atoms with E-state index in [1.54, 1.807) is 0 Å². The molecule has 0 heterocycles. The second kappa shape index (κ2) is 9.20. The van der Waals surface area contributed by atoms with E-state index in [-0.39, 0.29) is 0 Å². The van der Waals surface area contributed by atoms with Gasteiger partial charge in [-0.2, -0.15) is 0 Å². The van der Waals surface area contributed by atoms with Gasteiger partial charge in [0.05, 0.1) is 6.61 Å². The Morgan fingerprint density at radius 3 is 2.71 bits per heavy atom. The zero-order valence-corrected chi connectivity index (χ0v) is 11.1.